The van der Waals surface area contributed by atoms with Gasteiger partial charge in [-0.05, 0) is 25.9 Å². The minimum atomic E-state index is -0.0854. The van der Waals surface area contributed by atoms with Crippen molar-refractivity contribution < 1.29 is 4.79 Å². The highest BCUT2D eigenvalue weighted by Gasteiger charge is 2.20. The number of likely N-dealkylation sites (N-methyl/N-ethyl adjacent to an activating group) is 1. The molecule has 0 rings (SSSR count). The smallest absolute Gasteiger partial charge is 0.226 e. The molecule has 1 N–H and O–H groups in total. The highest BCUT2D eigenvalue weighted by Crippen LogP contribution is 2.04. The van der Waals surface area contributed by atoms with Crippen LogP contribution in [0.3, 0.4) is 0 Å². The molecule has 1 amide bonds. The van der Waals surface area contributed by atoms with Gasteiger partial charge in [0, 0.05) is 0 Å². The molecule has 1 atom stereocenters. The first-order valence-electron chi connectivity index (χ1n) is 4.95. The summed E-state index contributed by atoms with van der Waals surface area (Å²) >= 11 is 0. The number of carbonyl (C=O) groups excluding carboxylic acids is 1. The Hall–Kier alpha value is -0.505. The van der Waals surface area contributed by atoms with E-state index in [9.17, 15) is 4.79 Å². The van der Waals surface area contributed by atoms with Gasteiger partial charge in [-0.25, -0.2) is 0 Å². The van der Waals surface area contributed by atoms with Crippen LogP contribution in [0.4, 0.5) is 0 Å². The number of hydrogen-bond donors (Lipinski definition) is 1. The first kappa shape index (κ1) is 12.5. The van der Waals surface area contributed by atoms with Crippen LogP contribution in [0, 0.1) is 0 Å². The number of carbonyl (C=O) groups is 1. The second kappa shape index (κ2) is 6.95. The van der Waals surface area contributed by atoms with Gasteiger partial charge in [0.25, 0.3) is 0 Å². The average Bonchev–Trinajstić information content (AvgIpc) is 2.17. The van der Waals surface area contributed by atoms with Crippen molar-refractivity contribution in [3.63, 3.8) is 0 Å². The summed E-state index contributed by atoms with van der Waals surface area (Å²) < 4.78 is 0. The zero-order valence-corrected chi connectivity index (χ0v) is 8.84. The van der Waals surface area contributed by atoms with Crippen molar-refractivity contribution in [1.82, 2.24) is 10.1 Å². The average molecular weight is 182 g/mol. The fourth-order valence-electron chi connectivity index (χ4n) is 1.53. The first-order valence-corrected chi connectivity index (χ1v) is 4.95. The third-order valence-corrected chi connectivity index (χ3v) is 2.19. The third-order valence-electron chi connectivity index (χ3n) is 2.19. The fourth-order valence-corrected chi connectivity index (χ4v) is 1.53. The minimum Gasteiger partial charge on any atom is -0.408 e. The Labute approximate surface area is 82.3 Å². The van der Waals surface area contributed by atoms with E-state index >= 15 is 0 Å². The van der Waals surface area contributed by atoms with Crippen molar-refractivity contribution in [2.24, 2.45) is 0 Å². The van der Waals surface area contributed by atoms with Crippen LogP contribution in [0.1, 0.15) is 33.6 Å². The van der Waals surface area contributed by atoms with E-state index in [4.69, 9.17) is 7.98 Å². The molecule has 1 unspecified atom stereocenters. The molecule has 0 aromatic rings. The quantitative estimate of drug-likeness (QED) is 0.613. The number of hydrogen-bond acceptors (Lipinski definition) is 2. The van der Waals surface area contributed by atoms with Crippen molar-refractivity contribution in [1.29, 1.82) is 0 Å². The van der Waals surface area contributed by atoms with Crippen LogP contribution in [0.2, 0.25) is 0 Å². The third kappa shape index (κ3) is 3.81. The molecule has 74 valence electrons. The largest absolute Gasteiger partial charge is 0.408 e. The number of amides is 1. The van der Waals surface area contributed by atoms with Gasteiger partial charge in [0.1, 0.15) is 0 Å². The summed E-state index contributed by atoms with van der Waals surface area (Å²) in [6, 6.07) is -0.0741. The van der Waals surface area contributed by atoms with Gasteiger partial charge < -0.3 is 5.23 Å². The molecule has 0 spiro atoms. The summed E-state index contributed by atoms with van der Waals surface area (Å²) in [6.07, 6.45) is 1.86. The van der Waals surface area contributed by atoms with E-state index in [1.807, 2.05) is 6.92 Å². The van der Waals surface area contributed by atoms with Gasteiger partial charge in [-0.15, -0.1) is 0 Å². The van der Waals surface area contributed by atoms with E-state index in [2.05, 4.69) is 24.0 Å². The lowest BCUT2D eigenvalue weighted by molar-refractivity contribution is -0.124. The normalized spacial score (nSPS) is 12.9. The van der Waals surface area contributed by atoms with Crippen LogP contribution >= 0.6 is 0 Å². The summed E-state index contributed by atoms with van der Waals surface area (Å²) in [5.74, 6) is -0.0854. The van der Waals surface area contributed by atoms with Crippen molar-refractivity contribution in [2.45, 2.75) is 39.7 Å². The fraction of sp³-hybridized carbons (Fsp3) is 0.889. The standard InChI is InChI=1S/C9H19BN2O/c1-4-7-12(6-3)8(5-2)9(13)11-10/h8H,4-7H2,1-3H3,(H,11,13). The van der Waals surface area contributed by atoms with Crippen molar-refractivity contribution >= 4 is 13.9 Å². The molecule has 0 heterocycles. The van der Waals surface area contributed by atoms with Crippen LogP contribution in [0.25, 0.3) is 0 Å². The molecule has 13 heavy (non-hydrogen) atoms. The second-order valence-corrected chi connectivity index (χ2v) is 3.06. The first-order chi connectivity index (χ1) is 6.21. The minimum absolute atomic E-state index is 0.0741. The monoisotopic (exact) mass is 182 g/mol. The SMILES string of the molecule is [B]NC(=O)C(CC)N(CC)CCC. The lowest BCUT2D eigenvalue weighted by Gasteiger charge is -2.28. The predicted octanol–water partition coefficient (Wildman–Crippen LogP) is 0.697. The second-order valence-electron chi connectivity index (χ2n) is 3.06. The summed E-state index contributed by atoms with van der Waals surface area (Å²) in [7, 11) is 5.11. The molecule has 2 radical (unpaired) electrons. The molecular formula is C9H19BN2O. The van der Waals surface area contributed by atoms with E-state index < -0.39 is 0 Å². The van der Waals surface area contributed by atoms with Gasteiger partial charge in [-0.1, -0.05) is 20.8 Å². The molecule has 0 fully saturated rings. The molecule has 0 saturated carbocycles. The van der Waals surface area contributed by atoms with Crippen LogP contribution in [-0.4, -0.2) is 37.9 Å². The van der Waals surface area contributed by atoms with Gasteiger partial charge >= 0.3 is 0 Å². The maximum absolute atomic E-state index is 11.3. The van der Waals surface area contributed by atoms with E-state index in [0.717, 1.165) is 25.9 Å². The van der Waals surface area contributed by atoms with Gasteiger partial charge in [0.05, 0.1) is 6.04 Å². The molecule has 3 nitrogen and oxygen atoms in total. The Balaban J connectivity index is 4.23. The van der Waals surface area contributed by atoms with E-state index in [0.29, 0.717) is 0 Å². The molecule has 0 aliphatic carbocycles. The maximum atomic E-state index is 11.3. The number of rotatable bonds is 6. The van der Waals surface area contributed by atoms with Crippen molar-refractivity contribution in [3.8, 4) is 0 Å². The van der Waals surface area contributed by atoms with Crippen LogP contribution in [0.15, 0.2) is 0 Å². The summed E-state index contributed by atoms with van der Waals surface area (Å²) in [5.41, 5.74) is 0. The van der Waals surface area contributed by atoms with Gasteiger partial charge in [-0.2, -0.15) is 0 Å². The summed E-state index contributed by atoms with van der Waals surface area (Å²) in [6.45, 7) is 8.00. The van der Waals surface area contributed by atoms with E-state index in [1.54, 1.807) is 0 Å². The lowest BCUT2D eigenvalue weighted by Crippen LogP contribution is -2.46. The van der Waals surface area contributed by atoms with Crippen LogP contribution in [-0.2, 0) is 4.79 Å². The number of nitrogens with one attached hydrogen (secondary N) is 1. The highest BCUT2D eigenvalue weighted by molar-refractivity contribution is 6.15. The van der Waals surface area contributed by atoms with Gasteiger partial charge in [0.15, 0.2) is 0 Å². The Morgan fingerprint density at radius 1 is 1.46 bits per heavy atom. The Morgan fingerprint density at radius 3 is 2.38 bits per heavy atom. The Bertz CT molecular complexity index is 153. The number of nitrogens with zero attached hydrogens (tertiary/aromatic N) is 1. The molecule has 0 bridgehead atoms. The summed E-state index contributed by atoms with van der Waals surface area (Å²) in [4.78, 5) is 13.5. The van der Waals surface area contributed by atoms with E-state index in [1.165, 1.54) is 0 Å². The molecule has 4 heteroatoms. The van der Waals surface area contributed by atoms with Crippen molar-refractivity contribution in [3.05, 3.63) is 0 Å². The van der Waals surface area contributed by atoms with Gasteiger partial charge in [-0.3, -0.25) is 9.69 Å². The summed E-state index contributed by atoms with van der Waals surface area (Å²) in [5, 5.41) is 2.21. The van der Waals surface area contributed by atoms with Crippen LogP contribution in [0.5, 0.6) is 0 Å². The molecule has 0 aromatic heterocycles. The highest BCUT2D eigenvalue weighted by atomic mass is 16.2. The zero-order valence-electron chi connectivity index (χ0n) is 8.84. The Morgan fingerprint density at radius 2 is 2.08 bits per heavy atom. The molecule has 0 aliphatic heterocycles. The molecule has 0 saturated heterocycles. The molecular weight excluding hydrogens is 163 g/mol. The van der Waals surface area contributed by atoms with Crippen LogP contribution < -0.4 is 5.23 Å². The van der Waals surface area contributed by atoms with E-state index in [-0.39, 0.29) is 11.9 Å². The Kier molecular flexibility index (Phi) is 6.68. The predicted molar refractivity (Wildman–Crippen MR) is 55.5 cm³/mol. The zero-order chi connectivity index (χ0) is 10.3. The lowest BCUT2D eigenvalue weighted by atomic mass is 10.1. The van der Waals surface area contributed by atoms with Gasteiger partial charge in [0.2, 0.25) is 13.9 Å². The van der Waals surface area contributed by atoms with Crippen molar-refractivity contribution in [2.75, 3.05) is 13.1 Å². The molecule has 0 aliphatic rings. The topological polar surface area (TPSA) is 32.3 Å². The molecule has 0 aromatic carbocycles. The maximum Gasteiger partial charge on any atom is 0.226 e.